The summed E-state index contributed by atoms with van der Waals surface area (Å²) in [7, 11) is 0. The molecular weight excluding hydrogens is 162 g/mol. The highest BCUT2D eigenvalue weighted by Crippen LogP contribution is 2.14. The molecule has 0 aromatic carbocycles. The second-order valence-corrected chi connectivity index (χ2v) is 3.68. The number of ether oxygens (including phenoxy) is 1. The maximum absolute atomic E-state index is 8.12. The predicted molar refractivity (Wildman–Crippen MR) is 54.1 cm³/mol. The number of hydrogen-bond acceptors (Lipinski definition) is 2. The molecule has 2 nitrogen and oxygen atoms in total. The van der Waals surface area contributed by atoms with Gasteiger partial charge in [-0.3, -0.25) is 0 Å². The van der Waals surface area contributed by atoms with E-state index in [-0.39, 0.29) is 0 Å². The first kappa shape index (κ1) is 12.3. The quantitative estimate of drug-likeness (QED) is 0.426. The third-order valence-electron chi connectivity index (χ3n) is 2.31. The lowest BCUT2D eigenvalue weighted by Crippen LogP contribution is -1.96. The van der Waals surface area contributed by atoms with Crippen molar-refractivity contribution in [1.29, 1.82) is 5.26 Å². The van der Waals surface area contributed by atoms with E-state index < -0.39 is 0 Å². The molecule has 2 heteroatoms. The van der Waals surface area contributed by atoms with Crippen molar-refractivity contribution in [3.63, 3.8) is 0 Å². The zero-order chi connectivity index (χ0) is 9.94. The lowest BCUT2D eigenvalue weighted by molar-refractivity contribution is 0.256. The molecule has 0 radical (unpaired) electrons. The van der Waals surface area contributed by atoms with Gasteiger partial charge in [-0.1, -0.05) is 39.5 Å². The molecule has 0 N–H and O–H groups in total. The van der Waals surface area contributed by atoms with Crippen LogP contribution in [0, 0.1) is 17.4 Å². The Morgan fingerprint density at radius 3 is 2.54 bits per heavy atom. The second-order valence-electron chi connectivity index (χ2n) is 3.68. The van der Waals surface area contributed by atoms with Crippen molar-refractivity contribution in [2.24, 2.45) is 5.92 Å². The average Bonchev–Trinajstić information content (AvgIpc) is 2.14. The van der Waals surface area contributed by atoms with Crippen LogP contribution in [0.15, 0.2) is 0 Å². The number of unbranched alkanes of at least 4 members (excludes halogenated alkanes) is 2. The van der Waals surface area contributed by atoms with Crippen LogP contribution in [-0.2, 0) is 4.74 Å². The molecule has 76 valence electrons. The number of rotatable bonds is 8. The Morgan fingerprint density at radius 1 is 1.23 bits per heavy atom. The molecule has 1 atom stereocenters. The Kier molecular flexibility index (Phi) is 8.87. The van der Waals surface area contributed by atoms with Gasteiger partial charge in [-0.25, -0.2) is 0 Å². The number of hydrogen-bond donors (Lipinski definition) is 0. The molecule has 0 heterocycles. The van der Waals surface area contributed by atoms with Crippen molar-refractivity contribution in [3.8, 4) is 6.26 Å². The normalized spacial score (nSPS) is 12.1. The van der Waals surface area contributed by atoms with E-state index in [2.05, 4.69) is 18.6 Å². The summed E-state index contributed by atoms with van der Waals surface area (Å²) in [6.45, 7) is 5.13. The van der Waals surface area contributed by atoms with Gasteiger partial charge in [0.05, 0.1) is 0 Å². The first-order valence-corrected chi connectivity index (χ1v) is 5.32. The lowest BCUT2D eigenvalue weighted by atomic mass is 9.98. The largest absolute Gasteiger partial charge is 0.428 e. The molecule has 0 bridgehead atoms. The third-order valence-corrected chi connectivity index (χ3v) is 2.31. The highest BCUT2D eigenvalue weighted by molar-refractivity contribution is 4.54. The molecule has 13 heavy (non-hydrogen) atoms. The van der Waals surface area contributed by atoms with Crippen LogP contribution >= 0.6 is 0 Å². The summed E-state index contributed by atoms with van der Waals surface area (Å²) in [6.07, 6.45) is 9.15. The molecule has 0 aliphatic carbocycles. The van der Waals surface area contributed by atoms with Gasteiger partial charge in [0.1, 0.15) is 6.61 Å². The summed E-state index contributed by atoms with van der Waals surface area (Å²) in [5, 5.41) is 8.12. The minimum absolute atomic E-state index is 0.594. The summed E-state index contributed by atoms with van der Waals surface area (Å²) in [4.78, 5) is 0. The molecule has 0 aliphatic rings. The van der Waals surface area contributed by atoms with Crippen LogP contribution in [-0.4, -0.2) is 6.61 Å². The molecule has 0 fully saturated rings. The summed E-state index contributed by atoms with van der Waals surface area (Å²) >= 11 is 0. The molecule has 0 aromatic heterocycles. The van der Waals surface area contributed by atoms with Gasteiger partial charge >= 0.3 is 0 Å². The van der Waals surface area contributed by atoms with Crippen LogP contribution in [0.2, 0.25) is 0 Å². The Morgan fingerprint density at radius 2 is 1.92 bits per heavy atom. The number of nitrogens with zero attached hydrogens (tertiary/aromatic N) is 1. The SMILES string of the molecule is CCCCC(C)CCCCOC#N. The molecule has 0 saturated heterocycles. The minimum atomic E-state index is 0.594. The summed E-state index contributed by atoms with van der Waals surface area (Å²) in [6, 6.07) is 0. The van der Waals surface area contributed by atoms with Crippen LogP contribution < -0.4 is 0 Å². The van der Waals surface area contributed by atoms with Crippen LogP contribution in [0.4, 0.5) is 0 Å². The highest BCUT2D eigenvalue weighted by Gasteiger charge is 2.00. The van der Waals surface area contributed by atoms with Crippen LogP contribution in [0.25, 0.3) is 0 Å². The van der Waals surface area contributed by atoms with E-state index >= 15 is 0 Å². The van der Waals surface area contributed by atoms with Gasteiger partial charge < -0.3 is 4.74 Å². The maximum Gasteiger partial charge on any atom is 0.286 e. The van der Waals surface area contributed by atoms with Gasteiger partial charge in [0.25, 0.3) is 6.26 Å². The fourth-order valence-corrected chi connectivity index (χ4v) is 1.41. The molecule has 0 amide bonds. The lowest BCUT2D eigenvalue weighted by Gasteiger charge is -2.09. The van der Waals surface area contributed by atoms with Crippen LogP contribution in [0.3, 0.4) is 0 Å². The van der Waals surface area contributed by atoms with Gasteiger partial charge in [-0.2, -0.15) is 5.26 Å². The third kappa shape index (κ3) is 9.20. The molecule has 0 rings (SSSR count). The fraction of sp³-hybridized carbons (Fsp3) is 0.909. The van der Waals surface area contributed by atoms with Gasteiger partial charge in [-0.15, -0.1) is 0 Å². The monoisotopic (exact) mass is 183 g/mol. The zero-order valence-electron chi connectivity index (χ0n) is 8.88. The smallest absolute Gasteiger partial charge is 0.286 e. The minimum Gasteiger partial charge on any atom is -0.428 e. The fourth-order valence-electron chi connectivity index (χ4n) is 1.41. The van der Waals surface area contributed by atoms with E-state index in [0.717, 1.165) is 12.3 Å². The molecule has 0 aromatic rings. The zero-order valence-corrected chi connectivity index (χ0v) is 8.88. The Balaban J connectivity index is 3.08. The highest BCUT2D eigenvalue weighted by atomic mass is 16.5. The summed E-state index contributed by atoms with van der Waals surface area (Å²) in [5.41, 5.74) is 0. The van der Waals surface area contributed by atoms with E-state index in [4.69, 9.17) is 5.26 Å². The van der Waals surface area contributed by atoms with Gasteiger partial charge in [-0.05, 0) is 18.8 Å². The van der Waals surface area contributed by atoms with E-state index in [1.54, 1.807) is 6.26 Å². The van der Waals surface area contributed by atoms with Crippen molar-refractivity contribution in [1.82, 2.24) is 0 Å². The molecule has 0 aliphatic heterocycles. The van der Waals surface area contributed by atoms with Crippen molar-refractivity contribution in [3.05, 3.63) is 0 Å². The van der Waals surface area contributed by atoms with E-state index in [1.165, 1.54) is 32.1 Å². The van der Waals surface area contributed by atoms with Gasteiger partial charge in [0.15, 0.2) is 0 Å². The summed E-state index contributed by atoms with van der Waals surface area (Å²) in [5.74, 6) is 0.835. The maximum atomic E-state index is 8.12. The first-order valence-electron chi connectivity index (χ1n) is 5.32. The van der Waals surface area contributed by atoms with Gasteiger partial charge in [0.2, 0.25) is 0 Å². The topological polar surface area (TPSA) is 33.0 Å². The molecule has 0 spiro atoms. The molecule has 0 saturated carbocycles. The van der Waals surface area contributed by atoms with E-state index in [0.29, 0.717) is 6.61 Å². The van der Waals surface area contributed by atoms with Crippen LogP contribution in [0.5, 0.6) is 0 Å². The first-order chi connectivity index (χ1) is 6.31. The van der Waals surface area contributed by atoms with E-state index in [9.17, 15) is 0 Å². The van der Waals surface area contributed by atoms with Crippen molar-refractivity contribution < 1.29 is 4.74 Å². The number of nitriles is 1. The van der Waals surface area contributed by atoms with E-state index in [1.807, 2.05) is 0 Å². The van der Waals surface area contributed by atoms with Crippen molar-refractivity contribution in [2.45, 2.75) is 52.4 Å². The predicted octanol–water partition coefficient (Wildman–Crippen LogP) is 3.48. The van der Waals surface area contributed by atoms with Gasteiger partial charge in [0, 0.05) is 0 Å². The standard InChI is InChI=1S/C11H21NO/c1-3-4-7-11(2)8-5-6-9-13-10-12/h11H,3-9H2,1-2H3. The van der Waals surface area contributed by atoms with Crippen molar-refractivity contribution in [2.75, 3.05) is 6.61 Å². The Hall–Kier alpha value is -0.710. The molecule has 1 unspecified atom stereocenters. The van der Waals surface area contributed by atoms with Crippen LogP contribution in [0.1, 0.15) is 52.4 Å². The Labute approximate surface area is 81.9 Å². The molecular formula is C11H21NO. The second kappa shape index (κ2) is 9.38. The average molecular weight is 183 g/mol. The van der Waals surface area contributed by atoms with Crippen molar-refractivity contribution >= 4 is 0 Å². The Bertz CT molecular complexity index is 140. The summed E-state index contributed by atoms with van der Waals surface area (Å²) < 4.78 is 4.60.